The molecule has 0 aliphatic rings. The number of halogens is 3. The topological polar surface area (TPSA) is 41.5 Å². The van der Waals surface area contributed by atoms with Crippen molar-refractivity contribution >= 4 is 17.3 Å². The molecule has 0 radical (unpaired) electrons. The zero-order valence-electron chi connectivity index (χ0n) is 11.2. The molecule has 1 unspecified atom stereocenters. The lowest BCUT2D eigenvalue weighted by Gasteiger charge is -2.17. The molecule has 0 saturated heterocycles. The Balaban J connectivity index is 2.13. The number of aromatic hydroxyl groups is 1. The van der Waals surface area contributed by atoms with E-state index in [4.69, 9.17) is 11.6 Å². The van der Waals surface area contributed by atoms with Crippen LogP contribution in [0.1, 0.15) is 18.5 Å². The summed E-state index contributed by atoms with van der Waals surface area (Å²) in [6, 6.07) is 11.2. The highest BCUT2D eigenvalue weighted by Crippen LogP contribution is 2.31. The molecule has 6 heteroatoms. The fraction of sp³-hybridized carbons (Fsp3) is 0.200. The van der Waals surface area contributed by atoms with E-state index in [-0.39, 0.29) is 22.6 Å². The van der Waals surface area contributed by atoms with E-state index in [9.17, 15) is 13.9 Å². The average Bonchev–Trinajstić information content (AvgIpc) is 2.42. The minimum atomic E-state index is -2.92. The Hall–Kier alpha value is -2.01. The molecule has 0 bridgehead atoms. The van der Waals surface area contributed by atoms with Crippen LogP contribution in [0.2, 0.25) is 5.02 Å². The van der Waals surface area contributed by atoms with Gasteiger partial charge in [-0.2, -0.15) is 8.78 Å². The number of hydrogen-bond donors (Lipinski definition) is 2. The molecule has 0 aliphatic heterocycles. The third-order valence-corrected chi connectivity index (χ3v) is 3.23. The van der Waals surface area contributed by atoms with Crippen LogP contribution in [0.4, 0.5) is 14.5 Å². The lowest BCUT2D eigenvalue weighted by atomic mass is 10.1. The number of hydrogen-bond acceptors (Lipinski definition) is 3. The van der Waals surface area contributed by atoms with Gasteiger partial charge in [-0.1, -0.05) is 29.8 Å². The maximum Gasteiger partial charge on any atom is 0.387 e. The maximum atomic E-state index is 12.2. The summed E-state index contributed by atoms with van der Waals surface area (Å²) >= 11 is 5.89. The van der Waals surface area contributed by atoms with Gasteiger partial charge in [-0.15, -0.1) is 0 Å². The van der Waals surface area contributed by atoms with Crippen LogP contribution < -0.4 is 10.1 Å². The molecule has 0 heterocycles. The quantitative estimate of drug-likeness (QED) is 0.831. The third kappa shape index (κ3) is 3.98. The lowest BCUT2D eigenvalue weighted by Crippen LogP contribution is -2.07. The summed E-state index contributed by atoms with van der Waals surface area (Å²) in [6.45, 7) is -1.05. The van der Waals surface area contributed by atoms with Crippen LogP contribution in [-0.4, -0.2) is 11.7 Å². The number of phenolic OH excluding ortho intramolecular Hbond substituents is 1. The molecular formula is C15H14ClF2NO2. The highest BCUT2D eigenvalue weighted by Gasteiger charge is 2.12. The first kappa shape index (κ1) is 15.4. The number of rotatable bonds is 5. The van der Waals surface area contributed by atoms with Crippen LogP contribution in [0.15, 0.2) is 42.5 Å². The molecule has 0 spiro atoms. The van der Waals surface area contributed by atoms with Gasteiger partial charge in [-0.05, 0) is 31.2 Å². The molecule has 0 aliphatic carbocycles. The first-order valence-electron chi connectivity index (χ1n) is 6.26. The van der Waals surface area contributed by atoms with Crippen molar-refractivity contribution < 1.29 is 18.6 Å². The first-order valence-corrected chi connectivity index (χ1v) is 6.64. The van der Waals surface area contributed by atoms with Gasteiger partial charge in [0.25, 0.3) is 0 Å². The van der Waals surface area contributed by atoms with Crippen molar-refractivity contribution in [1.29, 1.82) is 0 Å². The Bertz CT molecular complexity index is 622. The van der Waals surface area contributed by atoms with E-state index in [1.54, 1.807) is 24.3 Å². The van der Waals surface area contributed by atoms with Crippen molar-refractivity contribution in [3.8, 4) is 11.5 Å². The summed E-state index contributed by atoms with van der Waals surface area (Å²) in [5.74, 6) is 0.105. The van der Waals surface area contributed by atoms with Crippen LogP contribution in [0.3, 0.4) is 0 Å². The molecular weight excluding hydrogens is 300 g/mol. The molecule has 0 amide bonds. The van der Waals surface area contributed by atoms with Gasteiger partial charge >= 0.3 is 6.61 Å². The zero-order chi connectivity index (χ0) is 15.4. The molecule has 0 aromatic heterocycles. The van der Waals surface area contributed by atoms with Crippen LogP contribution >= 0.6 is 11.6 Å². The Morgan fingerprint density at radius 1 is 1.19 bits per heavy atom. The van der Waals surface area contributed by atoms with E-state index >= 15 is 0 Å². The summed E-state index contributed by atoms with van der Waals surface area (Å²) in [7, 11) is 0. The molecule has 112 valence electrons. The number of benzene rings is 2. The SMILES string of the molecule is CC(Nc1ccc(OC(F)F)c(Cl)c1)c1ccccc1O. The fourth-order valence-electron chi connectivity index (χ4n) is 1.96. The van der Waals surface area contributed by atoms with Gasteiger partial charge in [0.15, 0.2) is 0 Å². The Morgan fingerprint density at radius 3 is 2.52 bits per heavy atom. The van der Waals surface area contributed by atoms with E-state index in [0.717, 1.165) is 5.56 Å². The Labute approximate surface area is 126 Å². The van der Waals surface area contributed by atoms with E-state index < -0.39 is 6.61 Å². The highest BCUT2D eigenvalue weighted by atomic mass is 35.5. The standard InChI is InChI=1S/C15H14ClF2NO2/c1-9(11-4-2-3-5-13(11)20)19-10-6-7-14(12(16)8-10)21-15(17)18/h2-9,15,19-20H,1H3. The normalized spacial score (nSPS) is 12.2. The van der Waals surface area contributed by atoms with Gasteiger partial charge in [-0.3, -0.25) is 0 Å². The zero-order valence-corrected chi connectivity index (χ0v) is 11.9. The minimum absolute atomic E-state index is 0.0765. The van der Waals surface area contributed by atoms with Crippen molar-refractivity contribution in [3.63, 3.8) is 0 Å². The van der Waals surface area contributed by atoms with E-state index in [1.807, 2.05) is 13.0 Å². The van der Waals surface area contributed by atoms with Gasteiger partial charge in [0.05, 0.1) is 11.1 Å². The number of phenols is 1. The molecule has 1 atom stereocenters. The number of nitrogens with one attached hydrogen (secondary N) is 1. The fourth-order valence-corrected chi connectivity index (χ4v) is 2.19. The molecule has 2 aromatic carbocycles. The maximum absolute atomic E-state index is 12.2. The first-order chi connectivity index (χ1) is 9.97. The van der Waals surface area contributed by atoms with Crippen molar-refractivity contribution in [2.24, 2.45) is 0 Å². The predicted octanol–water partition coefficient (Wildman–Crippen LogP) is 4.82. The minimum Gasteiger partial charge on any atom is -0.508 e. The van der Waals surface area contributed by atoms with Crippen LogP contribution in [-0.2, 0) is 0 Å². The average molecular weight is 314 g/mol. The molecule has 2 aromatic rings. The number of ether oxygens (including phenoxy) is 1. The summed E-state index contributed by atoms with van der Waals surface area (Å²) in [5, 5.41) is 13.0. The van der Waals surface area contributed by atoms with Crippen molar-refractivity contribution in [3.05, 3.63) is 53.1 Å². The molecule has 3 nitrogen and oxygen atoms in total. The molecule has 2 rings (SSSR count). The van der Waals surface area contributed by atoms with Crippen molar-refractivity contribution in [2.45, 2.75) is 19.6 Å². The number of alkyl halides is 2. The highest BCUT2D eigenvalue weighted by molar-refractivity contribution is 6.32. The summed E-state index contributed by atoms with van der Waals surface area (Å²) < 4.78 is 28.6. The number of anilines is 1. The van der Waals surface area contributed by atoms with Gasteiger partial charge in [0.1, 0.15) is 11.5 Å². The van der Waals surface area contributed by atoms with Gasteiger partial charge in [0.2, 0.25) is 0 Å². The van der Waals surface area contributed by atoms with Crippen molar-refractivity contribution in [2.75, 3.05) is 5.32 Å². The summed E-state index contributed by atoms with van der Waals surface area (Å²) in [4.78, 5) is 0. The second-order valence-corrected chi connectivity index (χ2v) is 4.86. The summed E-state index contributed by atoms with van der Waals surface area (Å²) in [5.41, 5.74) is 1.36. The number of para-hydroxylation sites is 1. The molecule has 0 saturated carbocycles. The predicted molar refractivity (Wildman–Crippen MR) is 78.2 cm³/mol. The lowest BCUT2D eigenvalue weighted by molar-refractivity contribution is -0.0497. The van der Waals surface area contributed by atoms with E-state index in [1.165, 1.54) is 12.1 Å². The van der Waals surface area contributed by atoms with Crippen LogP contribution in [0.25, 0.3) is 0 Å². The van der Waals surface area contributed by atoms with E-state index in [2.05, 4.69) is 10.1 Å². The smallest absolute Gasteiger partial charge is 0.387 e. The van der Waals surface area contributed by atoms with Crippen LogP contribution in [0, 0.1) is 0 Å². The molecule has 2 N–H and O–H groups in total. The molecule has 0 fully saturated rings. The van der Waals surface area contributed by atoms with Crippen LogP contribution in [0.5, 0.6) is 11.5 Å². The van der Waals surface area contributed by atoms with Gasteiger partial charge in [-0.25, -0.2) is 0 Å². The molecule has 21 heavy (non-hydrogen) atoms. The van der Waals surface area contributed by atoms with Gasteiger partial charge < -0.3 is 15.2 Å². The monoisotopic (exact) mass is 313 g/mol. The van der Waals surface area contributed by atoms with E-state index in [0.29, 0.717) is 5.69 Å². The largest absolute Gasteiger partial charge is 0.508 e. The Kier molecular flexibility index (Phi) is 4.85. The van der Waals surface area contributed by atoms with Crippen molar-refractivity contribution in [1.82, 2.24) is 0 Å². The third-order valence-electron chi connectivity index (χ3n) is 2.93. The summed E-state index contributed by atoms with van der Waals surface area (Å²) in [6.07, 6.45) is 0. The second kappa shape index (κ2) is 6.63. The van der Waals surface area contributed by atoms with Gasteiger partial charge in [0, 0.05) is 11.3 Å². The Morgan fingerprint density at radius 2 is 1.90 bits per heavy atom. The second-order valence-electron chi connectivity index (χ2n) is 4.45.